The molecule has 0 aliphatic carbocycles. The lowest BCUT2D eigenvalue weighted by Gasteiger charge is -1.87. The van der Waals surface area contributed by atoms with Crippen LogP contribution in [-0.2, 0) is 4.79 Å². The van der Waals surface area contributed by atoms with Gasteiger partial charge < -0.3 is 5.73 Å². The van der Waals surface area contributed by atoms with Crippen LogP contribution < -0.4 is 5.73 Å². The van der Waals surface area contributed by atoms with Crippen molar-refractivity contribution in [2.24, 2.45) is 10.8 Å². The number of hydrogen-bond donors (Lipinski definition) is 1. The zero-order valence-corrected chi connectivity index (χ0v) is 4.95. The summed E-state index contributed by atoms with van der Waals surface area (Å²) in [6.07, 6.45) is 0.832. The van der Waals surface area contributed by atoms with Gasteiger partial charge in [0, 0.05) is 11.3 Å². The van der Waals surface area contributed by atoms with Crippen molar-refractivity contribution in [1.29, 1.82) is 0 Å². The molecule has 1 amide bonds. The Bertz CT molecular complexity index is 138. The molecule has 0 fully saturated rings. The van der Waals surface area contributed by atoms with Gasteiger partial charge in [0.15, 0.2) is 0 Å². The number of carbonyl (C=O) groups excluding carboxylic acids is 1. The Morgan fingerprint density at radius 2 is 2.44 bits per heavy atom. The van der Waals surface area contributed by atoms with Crippen molar-refractivity contribution in [1.82, 2.24) is 0 Å². The molecule has 0 aromatic rings. The molecule has 0 atom stereocenters. The first-order valence-electron chi connectivity index (χ1n) is 2.59. The van der Waals surface area contributed by atoms with Gasteiger partial charge in [-0.05, 0) is 23.6 Å². The van der Waals surface area contributed by atoms with E-state index in [0.717, 1.165) is 0 Å². The summed E-state index contributed by atoms with van der Waals surface area (Å²) in [4.78, 5) is 12.6. The van der Waals surface area contributed by atoms with E-state index in [-0.39, 0.29) is 6.42 Å². The van der Waals surface area contributed by atoms with Gasteiger partial charge in [0.2, 0.25) is 5.91 Å². The van der Waals surface area contributed by atoms with E-state index in [2.05, 4.69) is 10.0 Å². The maximum Gasteiger partial charge on any atom is 0.218 e. The summed E-state index contributed by atoms with van der Waals surface area (Å²) in [7, 11) is 0. The van der Waals surface area contributed by atoms with E-state index >= 15 is 0 Å². The molecule has 0 aromatic carbocycles. The fourth-order valence-electron chi connectivity index (χ4n) is 0.353. The molecule has 2 N–H and O–H groups in total. The van der Waals surface area contributed by atoms with Crippen molar-refractivity contribution in [3.05, 3.63) is 10.4 Å². The molecule has 0 aliphatic heterocycles. The minimum Gasteiger partial charge on any atom is -0.330 e. The molecule has 5 nitrogen and oxygen atoms in total. The van der Waals surface area contributed by atoms with Crippen LogP contribution in [0.3, 0.4) is 0 Å². The second-order valence-electron chi connectivity index (χ2n) is 1.48. The Balaban J connectivity index is 3.39. The Morgan fingerprint density at radius 1 is 1.78 bits per heavy atom. The molecule has 0 bridgehead atoms. The first kappa shape index (κ1) is 7.94. The number of nitrogens with zero attached hydrogens (tertiary/aromatic N) is 3. The van der Waals surface area contributed by atoms with E-state index in [1.54, 1.807) is 0 Å². The van der Waals surface area contributed by atoms with Gasteiger partial charge in [-0.1, -0.05) is 0 Å². The van der Waals surface area contributed by atoms with Gasteiger partial charge in [-0.2, -0.15) is 0 Å². The number of hydrogen-bond acceptors (Lipinski definition) is 2. The highest BCUT2D eigenvalue weighted by Crippen LogP contribution is 1.88. The van der Waals surface area contributed by atoms with Crippen molar-refractivity contribution in [2.45, 2.75) is 12.8 Å². The van der Waals surface area contributed by atoms with Gasteiger partial charge in [-0.25, -0.2) is 0 Å². The van der Waals surface area contributed by atoms with Crippen LogP contribution in [0.5, 0.6) is 0 Å². The second kappa shape index (κ2) is 5.08. The van der Waals surface area contributed by atoms with E-state index < -0.39 is 5.91 Å². The molecule has 9 heavy (non-hydrogen) atoms. The monoisotopic (exact) mass is 128 g/mol. The van der Waals surface area contributed by atoms with Crippen LogP contribution in [0.1, 0.15) is 12.8 Å². The van der Waals surface area contributed by atoms with Crippen LogP contribution in [0.25, 0.3) is 10.4 Å². The fourth-order valence-corrected chi connectivity index (χ4v) is 0.353. The molecule has 0 saturated heterocycles. The van der Waals surface area contributed by atoms with Crippen LogP contribution in [0.4, 0.5) is 0 Å². The third kappa shape index (κ3) is 4.80. The first-order valence-corrected chi connectivity index (χ1v) is 2.59. The molecule has 0 radical (unpaired) electrons. The first-order chi connectivity index (χ1) is 4.31. The SMILES string of the molecule is [N-]=[N+]=NC(=O)CCCN. The number of nitrogens with two attached hydrogens (primary N) is 1. The van der Waals surface area contributed by atoms with Gasteiger partial charge >= 0.3 is 0 Å². The number of carbonyl (C=O) groups is 1. The van der Waals surface area contributed by atoms with Crippen LogP contribution in [-0.4, -0.2) is 12.5 Å². The van der Waals surface area contributed by atoms with Crippen LogP contribution in [0.2, 0.25) is 0 Å². The average molecular weight is 128 g/mol. The molecule has 0 unspecified atom stereocenters. The lowest BCUT2D eigenvalue weighted by molar-refractivity contribution is -0.118. The molecular weight excluding hydrogens is 120 g/mol. The lowest BCUT2D eigenvalue weighted by Crippen LogP contribution is -2.01. The van der Waals surface area contributed by atoms with Gasteiger partial charge in [-0.3, -0.25) is 4.79 Å². The molecule has 0 spiro atoms. The van der Waals surface area contributed by atoms with Crippen molar-refractivity contribution in [3.8, 4) is 0 Å². The molecule has 0 rings (SSSR count). The van der Waals surface area contributed by atoms with Crippen LogP contribution in [0, 0.1) is 0 Å². The Hall–Kier alpha value is -1.06. The van der Waals surface area contributed by atoms with E-state index in [1.165, 1.54) is 0 Å². The zero-order chi connectivity index (χ0) is 7.11. The predicted molar refractivity (Wildman–Crippen MR) is 32.4 cm³/mol. The summed E-state index contributed by atoms with van der Waals surface area (Å²) < 4.78 is 0. The molecule has 0 aromatic heterocycles. The highest BCUT2D eigenvalue weighted by Gasteiger charge is 1.93. The fraction of sp³-hybridized carbons (Fsp3) is 0.750. The maximum atomic E-state index is 10.3. The third-order valence-corrected chi connectivity index (χ3v) is 0.751. The van der Waals surface area contributed by atoms with Crippen LogP contribution in [0.15, 0.2) is 5.11 Å². The van der Waals surface area contributed by atoms with Gasteiger partial charge in [0.05, 0.1) is 0 Å². The van der Waals surface area contributed by atoms with Gasteiger partial charge in [-0.15, -0.1) is 0 Å². The van der Waals surface area contributed by atoms with Gasteiger partial charge in [0.1, 0.15) is 0 Å². The van der Waals surface area contributed by atoms with E-state index in [4.69, 9.17) is 11.3 Å². The minimum atomic E-state index is -0.442. The van der Waals surface area contributed by atoms with Crippen molar-refractivity contribution in [2.75, 3.05) is 6.54 Å². The van der Waals surface area contributed by atoms with E-state index in [1.807, 2.05) is 0 Å². The Morgan fingerprint density at radius 3 is 2.89 bits per heavy atom. The maximum absolute atomic E-state index is 10.3. The summed E-state index contributed by atoms with van der Waals surface area (Å²) in [5, 5.41) is 2.85. The largest absolute Gasteiger partial charge is 0.330 e. The number of rotatable bonds is 3. The second-order valence-corrected chi connectivity index (χ2v) is 1.48. The van der Waals surface area contributed by atoms with Crippen molar-refractivity contribution >= 4 is 5.91 Å². The van der Waals surface area contributed by atoms with Crippen molar-refractivity contribution < 1.29 is 4.79 Å². The zero-order valence-electron chi connectivity index (χ0n) is 4.95. The van der Waals surface area contributed by atoms with Gasteiger partial charge in [0.25, 0.3) is 0 Å². The lowest BCUT2D eigenvalue weighted by atomic mass is 10.3. The number of amides is 1. The number of azide groups is 1. The Kier molecular flexibility index (Phi) is 4.49. The predicted octanol–water partition coefficient (Wildman–Crippen LogP) is 0.562. The minimum absolute atomic E-state index is 0.251. The summed E-state index contributed by atoms with van der Waals surface area (Å²) >= 11 is 0. The van der Waals surface area contributed by atoms with Crippen molar-refractivity contribution in [3.63, 3.8) is 0 Å². The molecule has 50 valence electrons. The normalized spacial score (nSPS) is 8.11. The van der Waals surface area contributed by atoms with Crippen LogP contribution >= 0.6 is 0 Å². The summed E-state index contributed by atoms with van der Waals surface area (Å²) in [6.45, 7) is 0.451. The average Bonchev–Trinajstić information content (AvgIpc) is 1.85. The molecule has 0 heterocycles. The smallest absolute Gasteiger partial charge is 0.218 e. The highest BCUT2D eigenvalue weighted by atomic mass is 16.1. The van der Waals surface area contributed by atoms with E-state index in [0.29, 0.717) is 13.0 Å². The molecular formula is C4H8N4O. The quantitative estimate of drug-likeness (QED) is 0.341. The highest BCUT2D eigenvalue weighted by molar-refractivity contribution is 5.76. The third-order valence-electron chi connectivity index (χ3n) is 0.751. The summed E-state index contributed by atoms with van der Waals surface area (Å²) in [5.41, 5.74) is 12.8. The summed E-state index contributed by atoms with van der Waals surface area (Å²) in [6, 6.07) is 0. The Labute approximate surface area is 52.5 Å². The molecule has 0 aliphatic rings. The molecule has 0 saturated carbocycles. The summed E-state index contributed by atoms with van der Waals surface area (Å²) in [5.74, 6) is -0.442. The standard InChI is InChI=1S/C4H8N4O/c5-3-1-2-4(9)7-8-6/h1-3,5H2. The topological polar surface area (TPSA) is 91.9 Å². The van der Waals surface area contributed by atoms with E-state index in [9.17, 15) is 4.79 Å². The molecule has 5 heteroatoms.